The molecule has 0 saturated carbocycles. The molecule has 0 aliphatic rings. The van der Waals surface area contributed by atoms with E-state index < -0.39 is 0 Å². The van der Waals surface area contributed by atoms with Crippen molar-refractivity contribution >= 4 is 22.8 Å². The van der Waals surface area contributed by atoms with Gasteiger partial charge in [0.2, 0.25) is 0 Å². The first-order valence-electron chi connectivity index (χ1n) is 5.47. The second kappa shape index (κ2) is 4.37. The summed E-state index contributed by atoms with van der Waals surface area (Å²) in [6.45, 7) is 6.02. The number of thiazole rings is 1. The van der Waals surface area contributed by atoms with E-state index >= 15 is 0 Å². The number of nitrogen functional groups attached to an aromatic ring is 1. The van der Waals surface area contributed by atoms with E-state index in [1.54, 1.807) is 16.0 Å². The van der Waals surface area contributed by atoms with Gasteiger partial charge in [0.1, 0.15) is 10.8 Å². The van der Waals surface area contributed by atoms with Crippen LogP contribution in [0.5, 0.6) is 0 Å². The molecule has 2 aromatic rings. The van der Waals surface area contributed by atoms with E-state index in [2.05, 4.69) is 29.2 Å². The van der Waals surface area contributed by atoms with Crippen LogP contribution in [0, 0.1) is 13.8 Å². The summed E-state index contributed by atoms with van der Waals surface area (Å²) in [6.07, 6.45) is 1.88. The van der Waals surface area contributed by atoms with Gasteiger partial charge < -0.3 is 11.1 Å². The Hall–Kier alpha value is -1.56. The number of rotatable bonds is 3. The van der Waals surface area contributed by atoms with Gasteiger partial charge in [-0.2, -0.15) is 5.10 Å². The summed E-state index contributed by atoms with van der Waals surface area (Å²) in [4.78, 5) is 5.57. The van der Waals surface area contributed by atoms with Gasteiger partial charge in [-0.15, -0.1) is 11.3 Å². The average molecular weight is 251 g/mol. The van der Waals surface area contributed by atoms with Gasteiger partial charge in [0, 0.05) is 18.1 Å². The minimum absolute atomic E-state index is 0.130. The molecule has 2 aromatic heterocycles. The molecule has 0 amide bonds. The molecule has 0 fully saturated rings. The zero-order valence-corrected chi connectivity index (χ0v) is 11.3. The highest BCUT2D eigenvalue weighted by molar-refractivity contribution is 7.11. The molecule has 0 aliphatic carbocycles. The van der Waals surface area contributed by atoms with Crippen molar-refractivity contribution in [3.8, 4) is 0 Å². The first-order chi connectivity index (χ1) is 7.99. The number of aromatic nitrogens is 3. The quantitative estimate of drug-likeness (QED) is 0.878. The lowest BCUT2D eigenvalue weighted by molar-refractivity contribution is 0.741. The fourth-order valence-corrected chi connectivity index (χ4v) is 2.46. The minimum Gasteiger partial charge on any atom is -0.394 e. The maximum absolute atomic E-state index is 5.97. The van der Waals surface area contributed by atoms with Crippen LogP contribution in [-0.4, -0.2) is 14.8 Å². The highest BCUT2D eigenvalue weighted by atomic mass is 32.1. The summed E-state index contributed by atoms with van der Waals surface area (Å²) < 4.78 is 1.77. The Morgan fingerprint density at radius 2 is 2.18 bits per heavy atom. The Labute approximate surface area is 105 Å². The standard InChI is InChI=1S/C11H17N5S/c1-6-5-13-11(17-6)8(3)14-10-9(12)7(2)15-16(10)4/h5,8,14H,12H2,1-4H3. The molecule has 5 nitrogen and oxygen atoms in total. The van der Waals surface area contributed by atoms with Gasteiger partial charge in [-0.3, -0.25) is 4.68 Å². The Kier molecular flexibility index (Phi) is 3.06. The van der Waals surface area contributed by atoms with Crippen molar-refractivity contribution in [3.63, 3.8) is 0 Å². The van der Waals surface area contributed by atoms with E-state index in [9.17, 15) is 0 Å². The Morgan fingerprint density at radius 3 is 2.65 bits per heavy atom. The van der Waals surface area contributed by atoms with E-state index in [1.807, 2.05) is 20.2 Å². The predicted octanol–water partition coefficient (Wildman–Crippen LogP) is 2.25. The van der Waals surface area contributed by atoms with E-state index in [4.69, 9.17) is 5.73 Å². The Bertz CT molecular complexity index is 528. The lowest BCUT2D eigenvalue weighted by atomic mass is 10.3. The molecule has 2 rings (SSSR count). The van der Waals surface area contributed by atoms with Crippen molar-refractivity contribution < 1.29 is 0 Å². The van der Waals surface area contributed by atoms with Crippen LogP contribution in [0.2, 0.25) is 0 Å². The number of nitrogens with one attached hydrogen (secondary N) is 1. The lowest BCUT2D eigenvalue weighted by Crippen LogP contribution is -2.11. The summed E-state index contributed by atoms with van der Waals surface area (Å²) in [6, 6.07) is 0.130. The minimum atomic E-state index is 0.130. The zero-order valence-electron chi connectivity index (χ0n) is 10.5. The summed E-state index contributed by atoms with van der Waals surface area (Å²) in [5.41, 5.74) is 7.52. The van der Waals surface area contributed by atoms with Crippen LogP contribution in [0.25, 0.3) is 0 Å². The van der Waals surface area contributed by atoms with Crippen molar-refractivity contribution in [2.75, 3.05) is 11.1 Å². The molecule has 0 radical (unpaired) electrons. The third-order valence-electron chi connectivity index (χ3n) is 2.63. The lowest BCUT2D eigenvalue weighted by Gasteiger charge is -2.13. The van der Waals surface area contributed by atoms with Crippen LogP contribution in [0.1, 0.15) is 28.5 Å². The van der Waals surface area contributed by atoms with E-state index in [-0.39, 0.29) is 6.04 Å². The monoisotopic (exact) mass is 251 g/mol. The summed E-state index contributed by atoms with van der Waals surface area (Å²) >= 11 is 1.69. The van der Waals surface area contributed by atoms with Gasteiger partial charge in [0.25, 0.3) is 0 Å². The van der Waals surface area contributed by atoms with Crippen LogP contribution >= 0.6 is 11.3 Å². The maximum Gasteiger partial charge on any atom is 0.148 e. The molecule has 2 heterocycles. The van der Waals surface area contributed by atoms with Crippen LogP contribution < -0.4 is 11.1 Å². The third-order valence-corrected chi connectivity index (χ3v) is 3.73. The Balaban J connectivity index is 2.21. The molecule has 6 heteroatoms. The van der Waals surface area contributed by atoms with E-state index in [0.29, 0.717) is 5.69 Å². The number of aryl methyl sites for hydroxylation is 3. The highest BCUT2D eigenvalue weighted by Crippen LogP contribution is 2.27. The summed E-state index contributed by atoms with van der Waals surface area (Å²) in [5, 5.41) is 8.68. The summed E-state index contributed by atoms with van der Waals surface area (Å²) in [7, 11) is 1.88. The van der Waals surface area contributed by atoms with Crippen LogP contribution in [-0.2, 0) is 7.05 Å². The molecule has 3 N–H and O–H groups in total. The topological polar surface area (TPSA) is 68.8 Å². The van der Waals surface area contributed by atoms with E-state index in [0.717, 1.165) is 16.5 Å². The van der Waals surface area contributed by atoms with Crippen molar-refractivity contribution in [3.05, 3.63) is 21.8 Å². The summed E-state index contributed by atoms with van der Waals surface area (Å²) in [5.74, 6) is 0.850. The molecule has 0 aliphatic heterocycles. The van der Waals surface area contributed by atoms with Crippen molar-refractivity contribution in [1.82, 2.24) is 14.8 Å². The molecule has 0 bridgehead atoms. The van der Waals surface area contributed by atoms with Crippen LogP contribution in [0.3, 0.4) is 0 Å². The largest absolute Gasteiger partial charge is 0.394 e. The second-order valence-electron chi connectivity index (χ2n) is 4.15. The molecule has 17 heavy (non-hydrogen) atoms. The smallest absolute Gasteiger partial charge is 0.148 e. The highest BCUT2D eigenvalue weighted by Gasteiger charge is 2.15. The number of hydrogen-bond acceptors (Lipinski definition) is 5. The normalized spacial score (nSPS) is 12.7. The molecule has 0 aromatic carbocycles. The Morgan fingerprint density at radius 1 is 1.47 bits per heavy atom. The molecule has 1 atom stereocenters. The second-order valence-corrected chi connectivity index (χ2v) is 5.41. The first-order valence-corrected chi connectivity index (χ1v) is 6.28. The van der Waals surface area contributed by atoms with Gasteiger partial charge in [-0.1, -0.05) is 0 Å². The molecule has 92 valence electrons. The van der Waals surface area contributed by atoms with Gasteiger partial charge in [-0.25, -0.2) is 4.98 Å². The van der Waals surface area contributed by atoms with Crippen molar-refractivity contribution in [1.29, 1.82) is 0 Å². The number of anilines is 2. The average Bonchev–Trinajstić information content (AvgIpc) is 2.79. The molecular formula is C11H17N5S. The van der Waals surface area contributed by atoms with Crippen molar-refractivity contribution in [2.24, 2.45) is 7.05 Å². The fraction of sp³-hybridized carbons (Fsp3) is 0.455. The van der Waals surface area contributed by atoms with Gasteiger partial charge in [0.05, 0.1) is 17.4 Å². The van der Waals surface area contributed by atoms with Gasteiger partial charge in [-0.05, 0) is 20.8 Å². The number of nitrogens with two attached hydrogens (primary N) is 1. The predicted molar refractivity (Wildman–Crippen MR) is 71.2 cm³/mol. The van der Waals surface area contributed by atoms with Gasteiger partial charge in [0.15, 0.2) is 0 Å². The van der Waals surface area contributed by atoms with E-state index in [1.165, 1.54) is 4.88 Å². The number of hydrogen-bond donors (Lipinski definition) is 2. The van der Waals surface area contributed by atoms with Crippen LogP contribution in [0.4, 0.5) is 11.5 Å². The van der Waals surface area contributed by atoms with Crippen molar-refractivity contribution in [2.45, 2.75) is 26.8 Å². The van der Waals surface area contributed by atoms with Crippen LogP contribution in [0.15, 0.2) is 6.20 Å². The SMILES string of the molecule is Cc1cnc(C(C)Nc2c(N)c(C)nn2C)s1. The first kappa shape index (κ1) is 11.9. The maximum atomic E-state index is 5.97. The molecular weight excluding hydrogens is 234 g/mol. The molecule has 0 saturated heterocycles. The van der Waals surface area contributed by atoms with Gasteiger partial charge >= 0.3 is 0 Å². The molecule has 0 spiro atoms. The zero-order chi connectivity index (χ0) is 12.6. The number of nitrogens with zero attached hydrogens (tertiary/aromatic N) is 3. The fourth-order valence-electron chi connectivity index (χ4n) is 1.68. The molecule has 1 unspecified atom stereocenters. The third kappa shape index (κ3) is 2.26.